The largest absolute Gasteiger partial charge is 0.512 e. The van der Waals surface area contributed by atoms with E-state index in [1.54, 1.807) is 23.5 Å². The van der Waals surface area contributed by atoms with E-state index in [0.29, 0.717) is 0 Å². The van der Waals surface area contributed by atoms with Gasteiger partial charge in [0.15, 0.2) is 5.78 Å². The predicted octanol–water partition coefficient (Wildman–Crippen LogP) is 12.6. The van der Waals surface area contributed by atoms with Crippen molar-refractivity contribution in [2.75, 3.05) is 11.5 Å². The van der Waals surface area contributed by atoms with Gasteiger partial charge in [0.25, 0.3) is 0 Å². The van der Waals surface area contributed by atoms with E-state index in [0.717, 1.165) is 77.5 Å². The maximum absolute atomic E-state index is 10.0. The van der Waals surface area contributed by atoms with Crippen LogP contribution < -0.4 is 0 Å². The van der Waals surface area contributed by atoms with Crippen molar-refractivity contribution in [1.82, 2.24) is 0 Å². The molecule has 6 aromatic carbocycles. The number of hydrogen-bond donors (Lipinski definition) is 1. The van der Waals surface area contributed by atoms with E-state index in [1.807, 2.05) is 0 Å². The maximum Gasteiger partial charge on any atom is 0.155 e. The number of nitrogens with zero attached hydrogens (tertiary/aromatic N) is 2. The minimum absolute atomic E-state index is 0. The van der Waals surface area contributed by atoms with E-state index in [9.17, 15) is 4.79 Å². The first-order valence-electron chi connectivity index (χ1n) is 16.8. The summed E-state index contributed by atoms with van der Waals surface area (Å²) in [5.74, 6) is 1.91. The summed E-state index contributed by atoms with van der Waals surface area (Å²) in [4.78, 5) is 21.0. The van der Waals surface area contributed by atoms with Gasteiger partial charge in [-0.3, -0.25) is 4.79 Å². The summed E-state index contributed by atoms with van der Waals surface area (Å²) in [6, 6.07) is 55.2. The van der Waals surface area contributed by atoms with E-state index in [2.05, 4.69) is 158 Å². The second-order valence-electron chi connectivity index (χ2n) is 11.8. The van der Waals surface area contributed by atoms with Gasteiger partial charge in [0.2, 0.25) is 0 Å². The number of ketones is 1. The number of allylic oxidation sites excluding steroid dienone is 2. The monoisotopic (exact) mass is 760 g/mol. The molecule has 1 fully saturated rings. The second kappa shape index (κ2) is 19.1. The molecular weight excluding hydrogens is 723 g/mol. The number of para-hydroxylation sites is 2. The molecule has 6 aromatic rings. The summed E-state index contributed by atoms with van der Waals surface area (Å²) in [6.45, 7) is 2.85. The molecule has 1 heterocycles. The number of thioether (sulfide) groups is 2. The molecule has 0 bridgehead atoms. The van der Waals surface area contributed by atoms with Gasteiger partial charge in [-0.2, -0.15) is 0 Å². The molecule has 0 radical (unpaired) electrons. The molecule has 0 aliphatic carbocycles. The SMILES string of the molecule is CC(=O)/C=C(/C)O.[Ni].c1ccc(-c2cccc(-c3ccccc3)c2N=C2SCCSC2=Nc2c(-c3ccccc3)cccc2-c2ccccc2)cc1. The van der Waals surface area contributed by atoms with Gasteiger partial charge < -0.3 is 5.11 Å². The van der Waals surface area contributed by atoms with E-state index < -0.39 is 0 Å². The quantitative estimate of drug-likeness (QED) is 0.1000. The minimum Gasteiger partial charge on any atom is -0.512 e. The van der Waals surface area contributed by atoms with Gasteiger partial charge >= 0.3 is 0 Å². The van der Waals surface area contributed by atoms with Crippen molar-refractivity contribution in [2.24, 2.45) is 9.98 Å². The van der Waals surface area contributed by atoms with Crippen LogP contribution in [0.5, 0.6) is 0 Å². The van der Waals surface area contributed by atoms with E-state index >= 15 is 0 Å². The molecule has 0 saturated carbocycles. The zero-order valence-corrected chi connectivity index (χ0v) is 31.5. The molecule has 4 nitrogen and oxygen atoms in total. The molecule has 1 N–H and O–H groups in total. The van der Waals surface area contributed by atoms with Crippen LogP contribution >= 0.6 is 23.5 Å². The summed E-state index contributed by atoms with van der Waals surface area (Å²) < 4.78 is 0. The first-order chi connectivity index (χ1) is 25.0. The van der Waals surface area contributed by atoms with Crippen molar-refractivity contribution in [3.63, 3.8) is 0 Å². The molecule has 0 atom stereocenters. The van der Waals surface area contributed by atoms with Crippen molar-refractivity contribution < 1.29 is 26.4 Å². The third kappa shape index (κ3) is 9.89. The summed E-state index contributed by atoms with van der Waals surface area (Å²) in [7, 11) is 0. The van der Waals surface area contributed by atoms with Gasteiger partial charge in [0.05, 0.1) is 17.1 Å². The summed E-state index contributed by atoms with van der Waals surface area (Å²) >= 11 is 3.59. The van der Waals surface area contributed by atoms with Gasteiger partial charge in [-0.05, 0) is 36.1 Å². The number of rotatable bonds is 7. The van der Waals surface area contributed by atoms with Crippen LogP contribution in [-0.4, -0.2) is 32.5 Å². The summed E-state index contributed by atoms with van der Waals surface area (Å²) in [6.07, 6.45) is 1.17. The van der Waals surface area contributed by atoms with Crippen LogP contribution in [0.2, 0.25) is 0 Å². The van der Waals surface area contributed by atoms with Gasteiger partial charge in [-0.25, -0.2) is 9.98 Å². The number of aliphatic hydroxyl groups excluding tert-OH is 1. The fourth-order valence-corrected chi connectivity index (χ4v) is 7.84. The Morgan fingerprint density at radius 2 is 0.788 bits per heavy atom. The first kappa shape index (κ1) is 38.3. The first-order valence-corrected chi connectivity index (χ1v) is 18.7. The number of aliphatic imine (C=N–C) groups is 2. The zero-order chi connectivity index (χ0) is 35.4. The maximum atomic E-state index is 10.0. The minimum atomic E-state index is -0.125. The number of carbonyl (C=O) groups excluding carboxylic acids is 1. The predicted molar refractivity (Wildman–Crippen MR) is 221 cm³/mol. The Morgan fingerprint density at radius 1 is 0.500 bits per heavy atom. The molecule has 0 amide bonds. The molecule has 1 aliphatic heterocycles. The molecule has 1 aliphatic rings. The standard InChI is InChI=1S/C40H30N2S2.C5H8O2.Ni/c1-5-15-29(16-6-1)33-23-13-24-34(30-17-7-2-8-18-30)37(33)41-39-40(44-28-27-43-39)42-38-35(31-19-9-3-10-20-31)25-14-26-36(38)32-21-11-4-12-22-32;1-4(6)3-5(2)7;/h1-26H,27-28H2;3,6H,1-2H3;/b;4-3-;. The average molecular weight is 762 g/mol. The van der Waals surface area contributed by atoms with Crippen LogP contribution in [-0.2, 0) is 21.3 Å². The Bertz CT molecular complexity index is 1920. The van der Waals surface area contributed by atoms with Crippen LogP contribution in [0, 0.1) is 0 Å². The van der Waals surface area contributed by atoms with E-state index in [1.165, 1.54) is 19.9 Å². The van der Waals surface area contributed by atoms with Crippen LogP contribution in [0.1, 0.15) is 13.8 Å². The third-order valence-electron chi connectivity index (χ3n) is 7.99. The molecule has 0 unspecified atom stereocenters. The van der Waals surface area contributed by atoms with Crippen LogP contribution in [0.4, 0.5) is 11.4 Å². The van der Waals surface area contributed by atoms with Gasteiger partial charge in [0, 0.05) is 56.3 Å². The van der Waals surface area contributed by atoms with Crippen LogP contribution in [0.25, 0.3) is 44.5 Å². The van der Waals surface area contributed by atoms with Crippen molar-refractivity contribution in [1.29, 1.82) is 0 Å². The number of aliphatic hydroxyl groups is 1. The van der Waals surface area contributed by atoms with Crippen molar-refractivity contribution in [3.05, 3.63) is 170 Å². The molecule has 1 saturated heterocycles. The van der Waals surface area contributed by atoms with Crippen molar-refractivity contribution in [3.8, 4) is 44.5 Å². The Kier molecular flexibility index (Phi) is 14.0. The molecule has 7 rings (SSSR count). The summed E-state index contributed by atoms with van der Waals surface area (Å²) in [5.41, 5.74) is 11.0. The van der Waals surface area contributed by atoms with E-state index in [-0.39, 0.29) is 28.0 Å². The third-order valence-corrected chi connectivity index (χ3v) is 10.3. The van der Waals surface area contributed by atoms with Crippen LogP contribution in [0.15, 0.2) is 180 Å². The second-order valence-corrected chi connectivity index (χ2v) is 14.0. The molecule has 0 aromatic heterocycles. The molecule has 52 heavy (non-hydrogen) atoms. The average Bonchev–Trinajstić information content (AvgIpc) is 3.17. The Labute approximate surface area is 324 Å². The Hall–Kier alpha value is -4.94. The number of carbonyl (C=O) groups is 1. The fourth-order valence-electron chi connectivity index (χ4n) is 5.79. The topological polar surface area (TPSA) is 62.0 Å². The Balaban J connectivity index is 0.000000596. The Morgan fingerprint density at radius 3 is 1.02 bits per heavy atom. The normalized spacial score (nSPS) is 14.2. The van der Waals surface area contributed by atoms with Gasteiger partial charge in [-0.15, -0.1) is 23.5 Å². The van der Waals surface area contributed by atoms with Gasteiger partial charge in [-0.1, -0.05) is 158 Å². The van der Waals surface area contributed by atoms with Crippen molar-refractivity contribution in [2.45, 2.75) is 13.8 Å². The van der Waals surface area contributed by atoms with E-state index in [4.69, 9.17) is 15.1 Å². The summed E-state index contributed by atoms with van der Waals surface area (Å²) in [5, 5.41) is 10.3. The molecule has 262 valence electrons. The van der Waals surface area contributed by atoms with Crippen molar-refractivity contribution >= 4 is 50.8 Å². The van der Waals surface area contributed by atoms with Crippen LogP contribution in [0.3, 0.4) is 0 Å². The molecular formula is C45H38N2NiO2S2. The molecule has 0 spiro atoms. The fraction of sp³-hybridized carbons (Fsp3) is 0.0889. The zero-order valence-electron chi connectivity index (χ0n) is 28.9. The number of benzene rings is 6. The van der Waals surface area contributed by atoms with Gasteiger partial charge in [0.1, 0.15) is 10.1 Å². The number of hydrogen-bond acceptors (Lipinski definition) is 6. The smallest absolute Gasteiger partial charge is 0.155 e. The molecule has 7 heteroatoms.